The van der Waals surface area contributed by atoms with E-state index in [0.717, 1.165) is 11.3 Å². The van der Waals surface area contributed by atoms with Crippen molar-refractivity contribution < 1.29 is 13.2 Å². The number of aromatic nitrogens is 3. The summed E-state index contributed by atoms with van der Waals surface area (Å²) in [6.07, 6.45) is 0. The molecule has 0 fully saturated rings. The van der Waals surface area contributed by atoms with Gasteiger partial charge in [0.05, 0.1) is 16.6 Å². The van der Waals surface area contributed by atoms with E-state index in [4.69, 9.17) is 16.7 Å². The summed E-state index contributed by atoms with van der Waals surface area (Å²) in [5.74, 6) is 0.136. The topological polar surface area (TPSA) is 120 Å². The fraction of sp³-hybridized carbons (Fsp3) is 0.167. The summed E-state index contributed by atoms with van der Waals surface area (Å²) in [7, 11) is -3.76. The smallest absolute Gasteiger partial charge is 0.291 e. The van der Waals surface area contributed by atoms with Crippen LogP contribution in [0.5, 0.6) is 0 Å². The van der Waals surface area contributed by atoms with Gasteiger partial charge in [0.1, 0.15) is 5.82 Å². The van der Waals surface area contributed by atoms with Gasteiger partial charge in [0.15, 0.2) is 0 Å². The maximum atomic E-state index is 12.5. The Labute approximate surface area is 167 Å². The van der Waals surface area contributed by atoms with Crippen molar-refractivity contribution in [3.8, 4) is 5.69 Å². The fourth-order valence-electron chi connectivity index (χ4n) is 2.60. The third-order valence-electron chi connectivity index (χ3n) is 4.10. The molecule has 0 aliphatic carbocycles. The molecule has 2 aromatic carbocycles. The van der Waals surface area contributed by atoms with Crippen molar-refractivity contribution in [1.82, 2.24) is 20.1 Å². The first-order valence-electron chi connectivity index (χ1n) is 8.28. The van der Waals surface area contributed by atoms with Crippen molar-refractivity contribution in [2.45, 2.75) is 24.8 Å². The second kappa shape index (κ2) is 7.70. The zero-order valence-electron chi connectivity index (χ0n) is 15.1. The van der Waals surface area contributed by atoms with Crippen LogP contribution in [0.3, 0.4) is 0 Å². The summed E-state index contributed by atoms with van der Waals surface area (Å²) < 4.78 is 24.2. The monoisotopic (exact) mass is 419 g/mol. The van der Waals surface area contributed by atoms with Crippen LogP contribution in [0.2, 0.25) is 5.02 Å². The number of primary sulfonamides is 1. The number of rotatable bonds is 5. The van der Waals surface area contributed by atoms with Crippen LogP contribution in [0, 0.1) is 6.92 Å². The molecule has 0 radical (unpaired) electrons. The molecule has 0 aliphatic rings. The lowest BCUT2D eigenvalue weighted by Gasteiger charge is -2.13. The average molecular weight is 420 g/mol. The molecule has 0 saturated heterocycles. The average Bonchev–Trinajstić information content (AvgIpc) is 3.03. The van der Waals surface area contributed by atoms with Gasteiger partial charge in [0, 0.05) is 5.02 Å². The fourth-order valence-corrected chi connectivity index (χ4v) is 3.25. The summed E-state index contributed by atoms with van der Waals surface area (Å²) >= 11 is 5.90. The Balaban J connectivity index is 1.76. The van der Waals surface area contributed by atoms with Crippen LogP contribution in [0.1, 0.15) is 35.0 Å². The molecule has 1 heterocycles. The summed E-state index contributed by atoms with van der Waals surface area (Å²) in [5, 5.41) is 12.7. The number of nitrogens with zero attached hydrogens (tertiary/aromatic N) is 3. The normalized spacial score (nSPS) is 12.6. The van der Waals surface area contributed by atoms with Gasteiger partial charge < -0.3 is 5.32 Å². The molecule has 8 nitrogen and oxygen atoms in total. The van der Waals surface area contributed by atoms with E-state index in [1.54, 1.807) is 54.9 Å². The lowest BCUT2D eigenvalue weighted by Crippen LogP contribution is -2.27. The van der Waals surface area contributed by atoms with E-state index < -0.39 is 15.9 Å². The van der Waals surface area contributed by atoms with E-state index in [0.29, 0.717) is 10.8 Å². The van der Waals surface area contributed by atoms with Crippen LogP contribution < -0.4 is 10.5 Å². The third-order valence-corrected chi connectivity index (χ3v) is 5.28. The van der Waals surface area contributed by atoms with E-state index in [-0.39, 0.29) is 16.8 Å². The third kappa shape index (κ3) is 4.38. The molecule has 10 heteroatoms. The van der Waals surface area contributed by atoms with Gasteiger partial charge in [-0.1, -0.05) is 23.7 Å². The van der Waals surface area contributed by atoms with E-state index in [2.05, 4.69) is 15.4 Å². The molecule has 0 saturated carbocycles. The number of sulfonamides is 1. The van der Waals surface area contributed by atoms with E-state index in [1.807, 2.05) is 0 Å². The van der Waals surface area contributed by atoms with Crippen LogP contribution in [0.15, 0.2) is 53.4 Å². The van der Waals surface area contributed by atoms with Crippen LogP contribution in [0.4, 0.5) is 0 Å². The molecule has 3 aromatic rings. The van der Waals surface area contributed by atoms with Crippen LogP contribution in [-0.4, -0.2) is 29.1 Å². The molecular weight excluding hydrogens is 402 g/mol. The van der Waals surface area contributed by atoms with Crippen molar-refractivity contribution in [1.29, 1.82) is 0 Å². The Morgan fingerprint density at radius 1 is 1.14 bits per heavy atom. The van der Waals surface area contributed by atoms with Gasteiger partial charge in [0.2, 0.25) is 15.8 Å². The highest BCUT2D eigenvalue weighted by molar-refractivity contribution is 7.89. The second-order valence-corrected chi connectivity index (χ2v) is 8.18. The Kier molecular flexibility index (Phi) is 5.50. The molecule has 3 N–H and O–H groups in total. The first-order valence-corrected chi connectivity index (χ1v) is 10.2. The Hall–Kier alpha value is -2.75. The summed E-state index contributed by atoms with van der Waals surface area (Å²) in [6, 6.07) is 12.6. The predicted molar refractivity (Wildman–Crippen MR) is 105 cm³/mol. The van der Waals surface area contributed by atoms with Crippen molar-refractivity contribution in [2.24, 2.45) is 5.14 Å². The molecule has 146 valence electrons. The predicted octanol–water partition coefficient (Wildman–Crippen LogP) is 2.37. The van der Waals surface area contributed by atoms with Crippen molar-refractivity contribution >= 4 is 27.5 Å². The number of aryl methyl sites for hydroxylation is 1. The molecule has 1 atom stereocenters. The first-order chi connectivity index (χ1) is 13.1. The van der Waals surface area contributed by atoms with Gasteiger partial charge >= 0.3 is 0 Å². The summed E-state index contributed by atoms with van der Waals surface area (Å²) in [5.41, 5.74) is 1.45. The molecule has 3 rings (SSSR count). The van der Waals surface area contributed by atoms with Gasteiger partial charge in [-0.25, -0.2) is 23.2 Å². The van der Waals surface area contributed by atoms with E-state index in [1.165, 1.54) is 12.1 Å². The largest absolute Gasteiger partial charge is 0.343 e. The summed E-state index contributed by atoms with van der Waals surface area (Å²) in [4.78, 5) is 16.7. The van der Waals surface area contributed by atoms with Gasteiger partial charge in [-0.3, -0.25) is 4.79 Å². The molecule has 28 heavy (non-hydrogen) atoms. The number of benzene rings is 2. The molecule has 1 aromatic heterocycles. The number of hydrogen-bond donors (Lipinski definition) is 2. The lowest BCUT2D eigenvalue weighted by molar-refractivity contribution is 0.0929. The van der Waals surface area contributed by atoms with Crippen molar-refractivity contribution in [3.05, 3.63) is 70.8 Å². The molecular formula is C18H18ClN5O3S. The number of carbonyl (C=O) groups is 1. The first kappa shape index (κ1) is 20.0. The number of amides is 1. The SMILES string of the molecule is Cc1nc(C(=O)N[C@H](C)c2ccc(S(N)(=O)=O)cc2)nn1-c1ccc(Cl)cc1. The zero-order valence-corrected chi connectivity index (χ0v) is 16.7. The molecule has 1 amide bonds. The van der Waals surface area contributed by atoms with Gasteiger partial charge in [-0.2, -0.15) is 0 Å². The van der Waals surface area contributed by atoms with Crippen molar-refractivity contribution in [2.75, 3.05) is 0 Å². The highest BCUT2D eigenvalue weighted by Crippen LogP contribution is 2.17. The number of halogens is 1. The second-order valence-electron chi connectivity index (χ2n) is 6.18. The zero-order chi connectivity index (χ0) is 20.5. The minimum Gasteiger partial charge on any atom is -0.343 e. The van der Waals surface area contributed by atoms with Crippen LogP contribution in [0.25, 0.3) is 5.69 Å². The molecule has 0 spiro atoms. The highest BCUT2D eigenvalue weighted by Gasteiger charge is 2.18. The Morgan fingerprint density at radius 3 is 2.32 bits per heavy atom. The van der Waals surface area contributed by atoms with Gasteiger partial charge in [-0.05, 0) is 55.8 Å². The number of nitrogens with one attached hydrogen (secondary N) is 1. The molecule has 0 unspecified atom stereocenters. The van der Waals surface area contributed by atoms with Gasteiger partial charge in [-0.15, -0.1) is 5.10 Å². The maximum absolute atomic E-state index is 12.5. The highest BCUT2D eigenvalue weighted by atomic mass is 35.5. The minimum absolute atomic E-state index is 0.00813. The van der Waals surface area contributed by atoms with E-state index in [9.17, 15) is 13.2 Å². The van der Waals surface area contributed by atoms with Gasteiger partial charge in [0.25, 0.3) is 5.91 Å². The van der Waals surface area contributed by atoms with Crippen LogP contribution in [-0.2, 0) is 10.0 Å². The van der Waals surface area contributed by atoms with Crippen LogP contribution >= 0.6 is 11.6 Å². The summed E-state index contributed by atoms with van der Waals surface area (Å²) in [6.45, 7) is 3.51. The molecule has 0 bridgehead atoms. The van der Waals surface area contributed by atoms with Crippen molar-refractivity contribution in [3.63, 3.8) is 0 Å². The molecule has 0 aliphatic heterocycles. The number of nitrogens with two attached hydrogens (primary N) is 1. The Morgan fingerprint density at radius 2 is 1.75 bits per heavy atom. The number of carbonyl (C=O) groups excluding carboxylic acids is 1. The lowest BCUT2D eigenvalue weighted by atomic mass is 10.1. The minimum atomic E-state index is -3.76. The standard InChI is InChI=1S/C18H18ClN5O3S/c1-11(13-3-9-16(10-4-13)28(20,26)27)21-18(25)17-22-12(2)24(23-17)15-7-5-14(19)6-8-15/h3-11H,1-2H3,(H,21,25)(H2,20,26,27)/t11-/m1/s1. The maximum Gasteiger partial charge on any atom is 0.291 e. The Bertz CT molecular complexity index is 1110. The number of hydrogen-bond acceptors (Lipinski definition) is 5. The quantitative estimate of drug-likeness (QED) is 0.657. The van der Waals surface area contributed by atoms with E-state index >= 15 is 0 Å².